The number of carboxylic acid groups (broad SMARTS) is 1. The number of aliphatic carboxylic acids is 1. The maximum atomic E-state index is 12.8. The molecule has 1 unspecified atom stereocenters. The molecule has 2 aliphatic rings. The Morgan fingerprint density at radius 3 is 2.32 bits per heavy atom. The number of nitrogens with zero attached hydrogens (tertiary/aromatic N) is 4. The fourth-order valence-electron chi connectivity index (χ4n) is 3.88. The normalized spacial score (nSPS) is 18.6. The van der Waals surface area contributed by atoms with E-state index in [2.05, 4.69) is 20.4 Å². The fraction of sp³-hybridized carbons (Fsp3) is 0.545. The van der Waals surface area contributed by atoms with Crippen molar-refractivity contribution in [3.63, 3.8) is 0 Å². The number of rotatable bonds is 5. The van der Waals surface area contributed by atoms with Gasteiger partial charge < -0.3 is 20.4 Å². The van der Waals surface area contributed by atoms with Gasteiger partial charge in [0, 0.05) is 26.2 Å². The largest absolute Gasteiger partial charge is 0.507 e. The summed E-state index contributed by atoms with van der Waals surface area (Å²) in [6.07, 6.45) is -5.12. The van der Waals surface area contributed by atoms with Crippen LogP contribution in [0, 0.1) is 5.92 Å². The quantitative estimate of drug-likeness (QED) is 0.496. The smallest absolute Gasteiger partial charge is 0.490 e. The van der Waals surface area contributed by atoms with Crippen molar-refractivity contribution in [1.29, 1.82) is 0 Å². The molecule has 1 aromatic carbocycles. The van der Waals surface area contributed by atoms with Crippen LogP contribution < -0.4 is 10.9 Å². The van der Waals surface area contributed by atoms with Crippen LogP contribution in [-0.4, -0.2) is 67.7 Å². The lowest BCUT2D eigenvalue weighted by molar-refractivity contribution is -0.192. The molecule has 0 amide bonds. The van der Waals surface area contributed by atoms with Crippen LogP contribution >= 0.6 is 0 Å². The van der Waals surface area contributed by atoms with Gasteiger partial charge >= 0.3 is 18.3 Å². The molecule has 2 heterocycles. The van der Waals surface area contributed by atoms with E-state index in [1.807, 2.05) is 0 Å². The summed E-state index contributed by atoms with van der Waals surface area (Å²) in [5.74, 6) is -2.47. The molecule has 1 aromatic heterocycles. The second kappa shape index (κ2) is 10.9. The van der Waals surface area contributed by atoms with E-state index in [9.17, 15) is 36.2 Å². The number of nitrogens with one attached hydrogen (secondary N) is 1. The Morgan fingerprint density at radius 2 is 1.78 bits per heavy atom. The molecule has 1 saturated carbocycles. The third-order valence-corrected chi connectivity index (χ3v) is 5.94. The third-order valence-electron chi connectivity index (χ3n) is 5.94. The van der Waals surface area contributed by atoms with Gasteiger partial charge in [0.15, 0.2) is 5.82 Å². The summed E-state index contributed by atoms with van der Waals surface area (Å²) in [6.45, 7) is 2.99. The van der Waals surface area contributed by atoms with Crippen molar-refractivity contribution >= 4 is 11.8 Å². The number of benzene rings is 1. The minimum absolute atomic E-state index is 0.00391. The predicted molar refractivity (Wildman–Crippen MR) is 119 cm³/mol. The molecule has 9 nitrogen and oxygen atoms in total. The van der Waals surface area contributed by atoms with E-state index in [-0.39, 0.29) is 23.2 Å². The van der Waals surface area contributed by atoms with Crippen LogP contribution in [0.25, 0.3) is 11.4 Å². The Bertz CT molecular complexity index is 1180. The molecule has 37 heavy (non-hydrogen) atoms. The number of likely N-dealkylation sites (tertiary alicyclic amines) is 1. The van der Waals surface area contributed by atoms with Crippen LogP contribution in [0.1, 0.15) is 31.2 Å². The van der Waals surface area contributed by atoms with Gasteiger partial charge in [0.2, 0.25) is 5.82 Å². The summed E-state index contributed by atoms with van der Waals surface area (Å²) in [7, 11) is 1.45. The van der Waals surface area contributed by atoms with Crippen LogP contribution in [0.4, 0.5) is 32.2 Å². The number of aromatic hydroxyl groups is 1. The minimum Gasteiger partial charge on any atom is -0.507 e. The summed E-state index contributed by atoms with van der Waals surface area (Å²) in [4.78, 5) is 24.1. The Kier molecular flexibility index (Phi) is 8.35. The lowest BCUT2D eigenvalue weighted by Gasteiger charge is -2.33. The molecule has 15 heteroatoms. The highest BCUT2D eigenvalue weighted by molar-refractivity contribution is 5.73. The lowest BCUT2D eigenvalue weighted by Crippen LogP contribution is -2.44. The summed E-state index contributed by atoms with van der Waals surface area (Å²) >= 11 is 0. The highest BCUT2D eigenvalue weighted by Crippen LogP contribution is 2.35. The maximum absolute atomic E-state index is 12.8. The number of alkyl halides is 6. The summed E-state index contributed by atoms with van der Waals surface area (Å²) in [6, 6.07) is 2.63. The Balaban J connectivity index is 0.000000479. The molecule has 1 saturated heterocycles. The molecular weight excluding hydrogens is 512 g/mol. The zero-order valence-corrected chi connectivity index (χ0v) is 19.6. The average molecular weight is 537 g/mol. The topological polar surface area (TPSA) is 121 Å². The SMILES string of the molecule is Cn1c(-c2ccc(C(F)(F)F)cc2O)nnc(NC2CCCN(CC3CC3)C2)c1=O.O=C(O)C(F)(F)F. The number of hydrogen-bond donors (Lipinski definition) is 3. The van der Waals surface area contributed by atoms with Crippen LogP contribution in [0.15, 0.2) is 23.0 Å². The highest BCUT2D eigenvalue weighted by Gasteiger charge is 2.38. The molecule has 1 aliphatic carbocycles. The number of carbonyl (C=O) groups is 1. The van der Waals surface area contributed by atoms with E-state index in [0.717, 1.165) is 50.5 Å². The average Bonchev–Trinajstić information content (AvgIpc) is 3.61. The van der Waals surface area contributed by atoms with Gasteiger partial charge in [0.1, 0.15) is 5.75 Å². The van der Waals surface area contributed by atoms with E-state index < -0.39 is 35.2 Å². The first-order valence-corrected chi connectivity index (χ1v) is 11.3. The van der Waals surface area contributed by atoms with Gasteiger partial charge in [0.25, 0.3) is 5.56 Å². The van der Waals surface area contributed by atoms with Crippen molar-refractivity contribution < 1.29 is 41.4 Å². The van der Waals surface area contributed by atoms with Crippen molar-refractivity contribution in [3.05, 3.63) is 34.1 Å². The van der Waals surface area contributed by atoms with E-state index in [4.69, 9.17) is 9.90 Å². The summed E-state index contributed by atoms with van der Waals surface area (Å²) < 4.78 is 71.4. The molecule has 0 spiro atoms. The van der Waals surface area contributed by atoms with Gasteiger partial charge in [-0.1, -0.05) is 0 Å². The molecule has 204 valence electrons. The fourth-order valence-corrected chi connectivity index (χ4v) is 3.88. The number of phenolic OH excluding ortho intramolecular Hbond substituents is 1. The molecule has 4 rings (SSSR count). The molecule has 2 fully saturated rings. The van der Waals surface area contributed by atoms with Crippen molar-refractivity contribution in [1.82, 2.24) is 19.7 Å². The third kappa shape index (κ3) is 7.57. The number of anilines is 1. The second-order valence-corrected chi connectivity index (χ2v) is 8.96. The van der Waals surface area contributed by atoms with Gasteiger partial charge in [-0.25, -0.2) is 4.79 Å². The Morgan fingerprint density at radius 1 is 1.14 bits per heavy atom. The van der Waals surface area contributed by atoms with Gasteiger partial charge in [-0.2, -0.15) is 26.3 Å². The number of piperidine rings is 1. The number of phenols is 1. The zero-order chi connectivity index (χ0) is 27.5. The molecule has 1 aliphatic heterocycles. The van der Waals surface area contributed by atoms with Crippen LogP contribution in [-0.2, 0) is 18.0 Å². The minimum atomic E-state index is -5.08. The molecule has 0 bridgehead atoms. The van der Waals surface area contributed by atoms with Gasteiger partial charge in [-0.3, -0.25) is 9.36 Å². The molecule has 1 atom stereocenters. The number of aromatic nitrogens is 3. The van der Waals surface area contributed by atoms with E-state index in [1.54, 1.807) is 0 Å². The first-order chi connectivity index (χ1) is 17.2. The number of halogens is 6. The highest BCUT2D eigenvalue weighted by atomic mass is 19.4. The number of carboxylic acids is 1. The van der Waals surface area contributed by atoms with Crippen LogP contribution in [0.5, 0.6) is 5.75 Å². The second-order valence-electron chi connectivity index (χ2n) is 8.96. The van der Waals surface area contributed by atoms with Crippen molar-refractivity contribution in [2.24, 2.45) is 13.0 Å². The van der Waals surface area contributed by atoms with Gasteiger partial charge in [-0.15, -0.1) is 10.2 Å². The van der Waals surface area contributed by atoms with Crippen molar-refractivity contribution in [2.75, 3.05) is 25.0 Å². The number of hydrogen-bond acceptors (Lipinski definition) is 7. The van der Waals surface area contributed by atoms with E-state index in [1.165, 1.54) is 24.5 Å². The molecule has 3 N–H and O–H groups in total. The Hall–Kier alpha value is -3.36. The standard InChI is InChI=1S/C20H24F3N5O2.C2HF3O2/c1-27-18(15-7-6-13(9-16(15)29)20(21,22)23)26-25-17(19(27)30)24-14-3-2-8-28(11-14)10-12-4-5-12;3-2(4,5)1(6)7/h6-7,9,12,14,29H,2-5,8,10-11H2,1H3,(H,24,25);(H,6,7). The van der Waals surface area contributed by atoms with Crippen molar-refractivity contribution in [2.45, 2.75) is 44.1 Å². The predicted octanol–water partition coefficient (Wildman–Crippen LogP) is 3.49. The van der Waals surface area contributed by atoms with Crippen LogP contribution in [0.2, 0.25) is 0 Å². The molecular formula is C22H25F6N5O4. The summed E-state index contributed by atoms with van der Waals surface area (Å²) in [5, 5.41) is 28.3. The monoisotopic (exact) mass is 537 g/mol. The first kappa shape index (κ1) is 28.2. The van der Waals surface area contributed by atoms with E-state index in [0.29, 0.717) is 6.07 Å². The van der Waals surface area contributed by atoms with Crippen LogP contribution in [0.3, 0.4) is 0 Å². The summed E-state index contributed by atoms with van der Waals surface area (Å²) in [5.41, 5.74) is -1.42. The lowest BCUT2D eigenvalue weighted by atomic mass is 10.1. The maximum Gasteiger partial charge on any atom is 0.490 e. The molecule has 2 aromatic rings. The Labute approximate surface area is 206 Å². The van der Waals surface area contributed by atoms with E-state index >= 15 is 0 Å². The van der Waals surface area contributed by atoms with Gasteiger partial charge in [-0.05, 0) is 56.3 Å². The first-order valence-electron chi connectivity index (χ1n) is 11.3. The molecule has 0 radical (unpaired) electrons. The van der Waals surface area contributed by atoms with Gasteiger partial charge in [0.05, 0.1) is 11.1 Å². The van der Waals surface area contributed by atoms with Crippen molar-refractivity contribution in [3.8, 4) is 17.1 Å². The zero-order valence-electron chi connectivity index (χ0n) is 19.6.